The van der Waals surface area contributed by atoms with Crippen molar-refractivity contribution in [3.05, 3.63) is 64.6 Å². The standard InChI is InChI=1S/C17H21N3O2/c1-13(2)19(3)17(22)18-15-10-7-11-20(16(15)21)12-14-8-5-4-6-9-14/h4-11,13H,12H2,1-3H3,(H,18,22). The molecular weight excluding hydrogens is 278 g/mol. The second kappa shape index (κ2) is 6.93. The highest BCUT2D eigenvalue weighted by molar-refractivity contribution is 5.89. The first kappa shape index (κ1) is 15.8. The zero-order valence-corrected chi connectivity index (χ0v) is 13.1. The van der Waals surface area contributed by atoms with Gasteiger partial charge in [-0.1, -0.05) is 30.3 Å². The number of nitrogens with one attached hydrogen (secondary N) is 1. The number of carbonyl (C=O) groups excluding carboxylic acids is 1. The molecule has 0 fully saturated rings. The molecule has 5 heteroatoms. The van der Waals surface area contributed by atoms with Crippen molar-refractivity contribution in [2.24, 2.45) is 0 Å². The normalized spacial score (nSPS) is 10.5. The second-order valence-electron chi connectivity index (χ2n) is 5.48. The maximum Gasteiger partial charge on any atom is 0.321 e. The molecule has 0 atom stereocenters. The monoisotopic (exact) mass is 299 g/mol. The van der Waals surface area contributed by atoms with Crippen molar-refractivity contribution in [3.8, 4) is 0 Å². The van der Waals surface area contributed by atoms with Crippen molar-refractivity contribution in [3.63, 3.8) is 0 Å². The minimum absolute atomic E-state index is 0.0651. The number of hydrogen-bond acceptors (Lipinski definition) is 2. The number of anilines is 1. The molecule has 5 nitrogen and oxygen atoms in total. The third kappa shape index (κ3) is 3.75. The van der Waals surface area contributed by atoms with Crippen molar-refractivity contribution in [2.45, 2.75) is 26.4 Å². The number of benzene rings is 1. The molecule has 2 amide bonds. The summed E-state index contributed by atoms with van der Waals surface area (Å²) in [6.45, 7) is 4.31. The Morgan fingerprint density at radius 1 is 1.18 bits per heavy atom. The summed E-state index contributed by atoms with van der Waals surface area (Å²) in [6.07, 6.45) is 1.72. The predicted octanol–water partition coefficient (Wildman–Crippen LogP) is 2.77. The molecule has 0 radical (unpaired) electrons. The van der Waals surface area contributed by atoms with E-state index in [1.54, 1.807) is 34.8 Å². The van der Waals surface area contributed by atoms with Gasteiger partial charge in [0.15, 0.2) is 0 Å². The fraction of sp³-hybridized carbons (Fsp3) is 0.294. The average molecular weight is 299 g/mol. The van der Waals surface area contributed by atoms with E-state index in [1.807, 2.05) is 44.2 Å². The van der Waals surface area contributed by atoms with Crippen LogP contribution in [0.15, 0.2) is 53.5 Å². The van der Waals surface area contributed by atoms with Gasteiger partial charge < -0.3 is 14.8 Å². The van der Waals surface area contributed by atoms with E-state index in [0.717, 1.165) is 5.56 Å². The Hall–Kier alpha value is -2.56. The lowest BCUT2D eigenvalue weighted by Gasteiger charge is -2.21. The number of pyridine rings is 1. The van der Waals surface area contributed by atoms with Crippen LogP contribution in [0.1, 0.15) is 19.4 Å². The Labute approximate surface area is 130 Å². The number of nitrogens with zero attached hydrogens (tertiary/aromatic N) is 2. The van der Waals surface area contributed by atoms with E-state index in [1.165, 1.54) is 0 Å². The van der Waals surface area contributed by atoms with Gasteiger partial charge in [0, 0.05) is 19.3 Å². The Bertz CT molecular complexity index is 693. The summed E-state index contributed by atoms with van der Waals surface area (Å²) >= 11 is 0. The highest BCUT2D eigenvalue weighted by Crippen LogP contribution is 2.05. The van der Waals surface area contributed by atoms with E-state index in [2.05, 4.69) is 5.32 Å². The van der Waals surface area contributed by atoms with Crippen LogP contribution in [0, 0.1) is 0 Å². The Morgan fingerprint density at radius 2 is 1.86 bits per heavy atom. The van der Waals surface area contributed by atoms with E-state index < -0.39 is 0 Å². The number of aromatic nitrogens is 1. The molecule has 1 heterocycles. The zero-order chi connectivity index (χ0) is 16.1. The fourth-order valence-corrected chi connectivity index (χ4v) is 1.97. The molecule has 0 aliphatic heterocycles. The second-order valence-corrected chi connectivity index (χ2v) is 5.48. The number of hydrogen-bond donors (Lipinski definition) is 1. The first-order valence-corrected chi connectivity index (χ1v) is 7.26. The van der Waals surface area contributed by atoms with Crippen LogP contribution in [0.25, 0.3) is 0 Å². The Balaban J connectivity index is 2.19. The van der Waals surface area contributed by atoms with E-state index >= 15 is 0 Å². The summed E-state index contributed by atoms with van der Waals surface area (Å²) in [5.74, 6) is 0. The van der Waals surface area contributed by atoms with Crippen LogP contribution < -0.4 is 10.9 Å². The number of carbonyl (C=O) groups is 1. The molecule has 22 heavy (non-hydrogen) atoms. The van der Waals surface area contributed by atoms with Crippen molar-refractivity contribution in [2.75, 3.05) is 12.4 Å². The SMILES string of the molecule is CC(C)N(C)C(=O)Nc1cccn(Cc2ccccc2)c1=O. The van der Waals surface area contributed by atoms with Crippen LogP contribution in [0.3, 0.4) is 0 Å². The lowest BCUT2D eigenvalue weighted by molar-refractivity contribution is 0.211. The Kier molecular flexibility index (Phi) is 4.99. The highest BCUT2D eigenvalue weighted by Gasteiger charge is 2.14. The molecule has 0 saturated heterocycles. The summed E-state index contributed by atoms with van der Waals surface area (Å²) < 4.78 is 1.58. The van der Waals surface area contributed by atoms with Gasteiger partial charge in [-0.3, -0.25) is 4.79 Å². The van der Waals surface area contributed by atoms with Crippen LogP contribution in [0.4, 0.5) is 10.5 Å². The molecule has 0 aliphatic rings. The average Bonchev–Trinajstić information content (AvgIpc) is 2.51. The topological polar surface area (TPSA) is 54.3 Å². The van der Waals surface area contributed by atoms with Crippen LogP contribution in [-0.2, 0) is 6.54 Å². The summed E-state index contributed by atoms with van der Waals surface area (Å²) in [7, 11) is 1.70. The molecular formula is C17H21N3O2. The first-order valence-electron chi connectivity index (χ1n) is 7.26. The van der Waals surface area contributed by atoms with Gasteiger partial charge in [-0.2, -0.15) is 0 Å². The molecule has 0 unspecified atom stereocenters. The van der Waals surface area contributed by atoms with Crippen molar-refractivity contribution in [1.82, 2.24) is 9.47 Å². The minimum Gasteiger partial charge on any atom is -0.325 e. The quantitative estimate of drug-likeness (QED) is 0.944. The number of amides is 2. The molecule has 1 aromatic heterocycles. The smallest absolute Gasteiger partial charge is 0.321 e. The maximum atomic E-state index is 12.4. The molecule has 1 N–H and O–H groups in total. The lowest BCUT2D eigenvalue weighted by Crippen LogP contribution is -2.38. The van der Waals surface area contributed by atoms with Crippen molar-refractivity contribution in [1.29, 1.82) is 0 Å². The summed E-state index contributed by atoms with van der Waals surface area (Å²) in [5.41, 5.74) is 1.11. The fourth-order valence-electron chi connectivity index (χ4n) is 1.97. The Morgan fingerprint density at radius 3 is 2.50 bits per heavy atom. The largest absolute Gasteiger partial charge is 0.325 e. The lowest BCUT2D eigenvalue weighted by atomic mass is 10.2. The van der Waals surface area contributed by atoms with E-state index in [9.17, 15) is 9.59 Å². The summed E-state index contributed by atoms with van der Waals surface area (Å²) in [6, 6.07) is 12.9. The van der Waals surface area contributed by atoms with Crippen LogP contribution in [0.2, 0.25) is 0 Å². The van der Waals surface area contributed by atoms with Gasteiger partial charge >= 0.3 is 6.03 Å². The van der Waals surface area contributed by atoms with Gasteiger partial charge in [-0.15, -0.1) is 0 Å². The van der Waals surface area contributed by atoms with Gasteiger partial charge in [0.1, 0.15) is 5.69 Å². The minimum atomic E-state index is -0.287. The molecule has 0 aliphatic carbocycles. The maximum absolute atomic E-state index is 12.4. The van der Waals surface area contributed by atoms with E-state index in [4.69, 9.17) is 0 Å². The van der Waals surface area contributed by atoms with Crippen molar-refractivity contribution < 1.29 is 4.79 Å². The third-order valence-corrected chi connectivity index (χ3v) is 3.55. The van der Waals surface area contributed by atoms with Gasteiger partial charge in [-0.25, -0.2) is 4.79 Å². The molecule has 0 bridgehead atoms. The molecule has 2 rings (SSSR count). The zero-order valence-electron chi connectivity index (χ0n) is 13.1. The van der Waals surface area contributed by atoms with Crippen LogP contribution in [0.5, 0.6) is 0 Å². The van der Waals surface area contributed by atoms with Gasteiger partial charge in [-0.05, 0) is 31.5 Å². The van der Waals surface area contributed by atoms with Crippen LogP contribution >= 0.6 is 0 Å². The van der Waals surface area contributed by atoms with E-state index in [-0.39, 0.29) is 23.3 Å². The predicted molar refractivity (Wildman–Crippen MR) is 88.2 cm³/mol. The molecule has 1 aromatic carbocycles. The summed E-state index contributed by atoms with van der Waals surface area (Å²) in [4.78, 5) is 26.0. The molecule has 116 valence electrons. The highest BCUT2D eigenvalue weighted by atomic mass is 16.2. The first-order chi connectivity index (χ1) is 10.5. The summed E-state index contributed by atoms with van der Waals surface area (Å²) in [5, 5.41) is 2.67. The molecule has 0 saturated carbocycles. The van der Waals surface area contributed by atoms with Gasteiger partial charge in [0.2, 0.25) is 0 Å². The number of urea groups is 1. The molecule has 0 spiro atoms. The van der Waals surface area contributed by atoms with E-state index in [0.29, 0.717) is 6.54 Å². The third-order valence-electron chi connectivity index (χ3n) is 3.55. The van der Waals surface area contributed by atoms with Gasteiger partial charge in [0.05, 0.1) is 6.54 Å². The van der Waals surface area contributed by atoms with Gasteiger partial charge in [0.25, 0.3) is 5.56 Å². The number of rotatable bonds is 4. The van der Waals surface area contributed by atoms with Crippen molar-refractivity contribution >= 4 is 11.7 Å². The van der Waals surface area contributed by atoms with Crippen LogP contribution in [-0.4, -0.2) is 28.6 Å². The molecule has 2 aromatic rings.